The Morgan fingerprint density at radius 3 is 2.53 bits per heavy atom. The standard InChI is InChI=1S/C17H26OS/c1-13-15(10-12-19-13)17(18)11-6-5-9-16(17)14-7-3-2-4-8-14/h10,12,14,16,18H,2-9,11H2,1H3. The Bertz CT molecular complexity index is 419. The maximum atomic E-state index is 11.4. The molecule has 3 rings (SSSR count). The molecule has 0 saturated heterocycles. The molecule has 2 heteroatoms. The second-order valence-electron chi connectivity index (χ2n) is 6.57. The van der Waals surface area contributed by atoms with Gasteiger partial charge in [0.1, 0.15) is 0 Å². The van der Waals surface area contributed by atoms with Crippen molar-refractivity contribution in [3.8, 4) is 0 Å². The molecule has 2 aliphatic carbocycles. The van der Waals surface area contributed by atoms with Gasteiger partial charge in [0.05, 0.1) is 5.60 Å². The monoisotopic (exact) mass is 278 g/mol. The third kappa shape index (κ3) is 2.50. The van der Waals surface area contributed by atoms with E-state index in [-0.39, 0.29) is 0 Å². The van der Waals surface area contributed by atoms with Gasteiger partial charge in [-0.05, 0) is 48.6 Å². The molecule has 1 heterocycles. The van der Waals surface area contributed by atoms with Crippen molar-refractivity contribution in [2.75, 3.05) is 0 Å². The zero-order valence-corrected chi connectivity index (χ0v) is 12.8. The summed E-state index contributed by atoms with van der Waals surface area (Å²) >= 11 is 1.79. The topological polar surface area (TPSA) is 20.2 Å². The molecule has 2 aliphatic rings. The van der Waals surface area contributed by atoms with Gasteiger partial charge in [0.15, 0.2) is 0 Å². The minimum Gasteiger partial charge on any atom is -0.385 e. The second kappa shape index (κ2) is 5.57. The maximum absolute atomic E-state index is 11.4. The Balaban J connectivity index is 1.89. The Kier molecular flexibility index (Phi) is 4.00. The van der Waals surface area contributed by atoms with E-state index in [0.717, 1.165) is 12.3 Å². The molecule has 2 fully saturated rings. The Morgan fingerprint density at radius 1 is 1.11 bits per heavy atom. The summed E-state index contributed by atoms with van der Waals surface area (Å²) in [6.45, 7) is 2.17. The molecule has 1 nitrogen and oxygen atoms in total. The summed E-state index contributed by atoms with van der Waals surface area (Å²) < 4.78 is 0. The molecule has 2 unspecified atom stereocenters. The SMILES string of the molecule is Cc1sccc1C1(O)CCCCC1C1CCCCC1. The van der Waals surface area contributed by atoms with Crippen molar-refractivity contribution in [1.82, 2.24) is 0 Å². The van der Waals surface area contributed by atoms with Crippen LogP contribution in [0.2, 0.25) is 0 Å². The van der Waals surface area contributed by atoms with Crippen molar-refractivity contribution >= 4 is 11.3 Å². The van der Waals surface area contributed by atoms with Crippen LogP contribution in [0.15, 0.2) is 11.4 Å². The van der Waals surface area contributed by atoms with Crippen molar-refractivity contribution < 1.29 is 5.11 Å². The highest BCUT2D eigenvalue weighted by atomic mass is 32.1. The first kappa shape index (κ1) is 13.6. The van der Waals surface area contributed by atoms with Gasteiger partial charge in [0, 0.05) is 4.88 Å². The van der Waals surface area contributed by atoms with Crippen molar-refractivity contribution in [3.05, 3.63) is 21.9 Å². The summed E-state index contributed by atoms with van der Waals surface area (Å²) in [4.78, 5) is 1.32. The first-order valence-electron chi connectivity index (χ1n) is 7.99. The molecule has 0 aromatic carbocycles. The van der Waals surface area contributed by atoms with Crippen molar-refractivity contribution in [3.63, 3.8) is 0 Å². The lowest BCUT2D eigenvalue weighted by atomic mass is 9.63. The van der Waals surface area contributed by atoms with Crippen LogP contribution < -0.4 is 0 Å². The predicted molar refractivity (Wildman–Crippen MR) is 81.5 cm³/mol. The number of aliphatic hydroxyl groups is 1. The molecule has 19 heavy (non-hydrogen) atoms. The van der Waals surface area contributed by atoms with Crippen LogP contribution >= 0.6 is 11.3 Å². The fraction of sp³-hybridized carbons (Fsp3) is 0.765. The normalized spacial score (nSPS) is 33.5. The zero-order chi connectivity index (χ0) is 13.3. The lowest BCUT2D eigenvalue weighted by Gasteiger charge is -2.45. The molecular weight excluding hydrogens is 252 g/mol. The van der Waals surface area contributed by atoms with E-state index < -0.39 is 5.60 Å². The largest absolute Gasteiger partial charge is 0.385 e. The highest BCUT2D eigenvalue weighted by Crippen LogP contribution is 2.50. The maximum Gasteiger partial charge on any atom is 0.0937 e. The Hall–Kier alpha value is -0.340. The van der Waals surface area contributed by atoms with Crippen molar-refractivity contribution in [2.45, 2.75) is 70.3 Å². The Morgan fingerprint density at radius 2 is 1.84 bits per heavy atom. The summed E-state index contributed by atoms with van der Waals surface area (Å²) in [5.74, 6) is 1.27. The predicted octanol–water partition coefficient (Wildman–Crippen LogP) is 5.01. The number of hydrogen-bond acceptors (Lipinski definition) is 2. The van der Waals surface area contributed by atoms with E-state index in [1.807, 2.05) is 0 Å². The Labute approximate surface area is 121 Å². The third-order valence-corrected chi connectivity index (χ3v) is 6.33. The van der Waals surface area contributed by atoms with Crippen LogP contribution in [-0.4, -0.2) is 5.11 Å². The molecule has 0 radical (unpaired) electrons. The lowest BCUT2D eigenvalue weighted by molar-refractivity contribution is -0.0835. The van der Waals surface area contributed by atoms with E-state index in [4.69, 9.17) is 0 Å². The van der Waals surface area contributed by atoms with Crippen LogP contribution in [0.5, 0.6) is 0 Å². The van der Waals surface area contributed by atoms with Crippen LogP contribution in [0.25, 0.3) is 0 Å². The van der Waals surface area contributed by atoms with Gasteiger partial charge in [-0.3, -0.25) is 0 Å². The van der Waals surface area contributed by atoms with E-state index in [1.165, 1.54) is 61.8 Å². The summed E-state index contributed by atoms with van der Waals surface area (Å²) in [5.41, 5.74) is 0.720. The first-order chi connectivity index (χ1) is 9.22. The summed E-state index contributed by atoms with van der Waals surface area (Å²) in [7, 11) is 0. The fourth-order valence-electron chi connectivity index (χ4n) is 4.51. The molecule has 1 aromatic heterocycles. The quantitative estimate of drug-likeness (QED) is 0.806. The van der Waals surface area contributed by atoms with E-state index >= 15 is 0 Å². The molecule has 0 spiro atoms. The summed E-state index contributed by atoms with van der Waals surface area (Å²) in [5, 5.41) is 13.6. The van der Waals surface area contributed by atoms with Crippen LogP contribution in [0, 0.1) is 18.8 Å². The third-order valence-electron chi connectivity index (χ3n) is 5.48. The second-order valence-corrected chi connectivity index (χ2v) is 7.69. The molecule has 1 N–H and O–H groups in total. The van der Waals surface area contributed by atoms with Gasteiger partial charge in [-0.2, -0.15) is 0 Å². The average Bonchev–Trinajstić information content (AvgIpc) is 2.87. The number of thiophene rings is 1. The highest BCUT2D eigenvalue weighted by molar-refractivity contribution is 7.10. The van der Waals surface area contributed by atoms with E-state index in [2.05, 4.69) is 18.4 Å². The van der Waals surface area contributed by atoms with E-state index in [0.29, 0.717) is 5.92 Å². The van der Waals surface area contributed by atoms with Gasteiger partial charge in [-0.15, -0.1) is 11.3 Å². The molecule has 2 atom stereocenters. The molecule has 1 aromatic rings. The molecule has 0 aliphatic heterocycles. The number of aryl methyl sites for hydroxylation is 1. The zero-order valence-electron chi connectivity index (χ0n) is 12.0. The van der Waals surface area contributed by atoms with Crippen LogP contribution in [0.3, 0.4) is 0 Å². The lowest BCUT2D eigenvalue weighted by Crippen LogP contribution is -2.42. The van der Waals surface area contributed by atoms with Gasteiger partial charge < -0.3 is 5.11 Å². The van der Waals surface area contributed by atoms with E-state index in [9.17, 15) is 5.11 Å². The summed E-state index contributed by atoms with van der Waals surface area (Å²) in [6, 6.07) is 2.18. The smallest absolute Gasteiger partial charge is 0.0937 e. The first-order valence-corrected chi connectivity index (χ1v) is 8.87. The van der Waals surface area contributed by atoms with Gasteiger partial charge in [-0.25, -0.2) is 0 Å². The molecular formula is C17H26OS. The van der Waals surface area contributed by atoms with Gasteiger partial charge in [0.25, 0.3) is 0 Å². The van der Waals surface area contributed by atoms with Crippen LogP contribution in [0.4, 0.5) is 0 Å². The van der Waals surface area contributed by atoms with Crippen LogP contribution in [0.1, 0.15) is 68.2 Å². The minimum atomic E-state index is -0.523. The van der Waals surface area contributed by atoms with Crippen molar-refractivity contribution in [1.29, 1.82) is 0 Å². The fourth-order valence-corrected chi connectivity index (χ4v) is 5.29. The average molecular weight is 278 g/mol. The van der Waals surface area contributed by atoms with Gasteiger partial charge in [-0.1, -0.05) is 44.9 Å². The molecule has 2 saturated carbocycles. The molecule has 0 amide bonds. The van der Waals surface area contributed by atoms with Crippen molar-refractivity contribution in [2.24, 2.45) is 11.8 Å². The summed E-state index contributed by atoms with van der Waals surface area (Å²) in [6.07, 6.45) is 11.6. The number of rotatable bonds is 2. The highest BCUT2D eigenvalue weighted by Gasteiger charge is 2.45. The molecule has 0 bridgehead atoms. The van der Waals surface area contributed by atoms with Gasteiger partial charge in [0.2, 0.25) is 0 Å². The van der Waals surface area contributed by atoms with E-state index in [1.54, 1.807) is 11.3 Å². The van der Waals surface area contributed by atoms with Gasteiger partial charge >= 0.3 is 0 Å². The number of hydrogen-bond donors (Lipinski definition) is 1. The molecule has 106 valence electrons. The minimum absolute atomic E-state index is 0.509. The van der Waals surface area contributed by atoms with Crippen LogP contribution in [-0.2, 0) is 5.60 Å².